The molecule has 0 saturated carbocycles. The number of nitrogens with zero attached hydrogens (tertiary/aromatic N) is 7. The molecular formula is C25H39N11O12S2. The molecule has 6 heterocycles. The Morgan fingerprint density at radius 1 is 0.860 bits per heavy atom. The van der Waals surface area contributed by atoms with Crippen molar-refractivity contribution >= 4 is 44.7 Å². The Bertz CT molecular complexity index is 1810. The molecule has 25 heteroatoms. The molecule has 4 bridgehead atoms. The number of aliphatic imine (C=N–C) groups is 1. The number of guanidine groups is 1. The van der Waals surface area contributed by atoms with Gasteiger partial charge in [0.15, 0.2) is 11.7 Å². The number of carbonyl (C=O) groups excluding carboxylic acids is 2. The second-order valence-electron chi connectivity index (χ2n) is 11.6. The summed E-state index contributed by atoms with van der Waals surface area (Å²) in [5.74, 6) is 1.09. The Hall–Kier alpha value is -4.56. The second-order valence-corrected chi connectivity index (χ2v) is 13.6. The molecule has 0 unspecified atom stereocenters. The monoisotopic (exact) mass is 749 g/mol. The summed E-state index contributed by atoms with van der Waals surface area (Å²) >= 11 is 0. The zero-order valence-corrected chi connectivity index (χ0v) is 27.3. The molecule has 4 atom stereocenters. The molecule has 4 saturated heterocycles. The van der Waals surface area contributed by atoms with Gasteiger partial charge < -0.3 is 36.0 Å². The third-order valence-electron chi connectivity index (χ3n) is 8.12. The van der Waals surface area contributed by atoms with Gasteiger partial charge in [0.25, 0.3) is 0 Å². The summed E-state index contributed by atoms with van der Waals surface area (Å²) < 4.78 is 80.3. The van der Waals surface area contributed by atoms with Gasteiger partial charge in [-0.15, -0.1) is 8.57 Å². The van der Waals surface area contributed by atoms with E-state index in [1.165, 1.54) is 9.80 Å². The molecule has 0 aromatic carbocycles. The van der Waals surface area contributed by atoms with E-state index in [2.05, 4.69) is 23.9 Å². The predicted octanol–water partition coefficient (Wildman–Crippen LogP) is 0.368. The van der Waals surface area contributed by atoms with Crippen LogP contribution in [-0.2, 0) is 42.3 Å². The number of amidine groups is 1. The lowest BCUT2D eigenvalue weighted by molar-refractivity contribution is -0.0318. The van der Waals surface area contributed by atoms with Gasteiger partial charge in [-0.1, -0.05) is 17.7 Å². The van der Waals surface area contributed by atoms with E-state index in [-0.39, 0.29) is 50.9 Å². The number of hydrogen-bond donors (Lipinski definition) is 6. The average Bonchev–Trinajstić information content (AvgIpc) is 3.78. The van der Waals surface area contributed by atoms with E-state index in [0.717, 1.165) is 0 Å². The lowest BCUT2D eigenvalue weighted by Crippen LogP contribution is -2.35. The first-order valence-corrected chi connectivity index (χ1v) is 17.5. The summed E-state index contributed by atoms with van der Waals surface area (Å²) in [7, 11) is -9.52. The molecular weight excluding hydrogens is 710 g/mol. The Morgan fingerprint density at radius 3 is 1.76 bits per heavy atom. The zero-order valence-electron chi connectivity index (χ0n) is 25.7. The van der Waals surface area contributed by atoms with Crippen LogP contribution in [0.1, 0.15) is 80.9 Å². The molecule has 9 N–H and O–H groups in total. The third-order valence-corrected chi connectivity index (χ3v) is 8.82. The highest BCUT2D eigenvalue weighted by Crippen LogP contribution is 2.40. The average molecular weight is 750 g/mol. The van der Waals surface area contributed by atoms with Crippen LogP contribution in [0.5, 0.6) is 0 Å². The van der Waals surface area contributed by atoms with Crippen molar-refractivity contribution in [3.05, 3.63) is 35.0 Å². The van der Waals surface area contributed by atoms with Gasteiger partial charge in [0.2, 0.25) is 0 Å². The normalized spacial score (nSPS) is 23.0. The predicted molar refractivity (Wildman–Crippen MR) is 169 cm³/mol. The van der Waals surface area contributed by atoms with Crippen LogP contribution >= 0.6 is 0 Å². The first kappa shape index (κ1) is 38.2. The summed E-state index contributed by atoms with van der Waals surface area (Å²) in [5.41, 5.74) is 16.9. The van der Waals surface area contributed by atoms with E-state index >= 15 is 0 Å². The van der Waals surface area contributed by atoms with Crippen LogP contribution in [0.4, 0.5) is 9.59 Å². The zero-order chi connectivity index (χ0) is 35.7. The summed E-state index contributed by atoms with van der Waals surface area (Å²) in [6, 6.07) is 0.475. The van der Waals surface area contributed by atoms with Crippen molar-refractivity contribution in [3.8, 4) is 0 Å². The first-order valence-electron chi connectivity index (χ1n) is 14.8. The van der Waals surface area contributed by atoms with E-state index in [1.54, 1.807) is 12.1 Å². The Balaban J connectivity index is 0.000000220. The maximum absolute atomic E-state index is 12.4. The number of aromatic nitrogens is 2. The maximum Gasteiger partial charge on any atom is 0.418 e. The number of carbonyl (C=O) groups is 2. The quantitative estimate of drug-likeness (QED) is 0.0969. The van der Waals surface area contributed by atoms with Crippen molar-refractivity contribution < 1.29 is 53.1 Å². The molecule has 50 heavy (non-hydrogen) atoms. The van der Waals surface area contributed by atoms with Crippen molar-refractivity contribution in [2.24, 2.45) is 22.2 Å². The molecule has 4 aliphatic heterocycles. The van der Waals surface area contributed by atoms with E-state index in [0.29, 0.717) is 78.0 Å². The fourth-order valence-electron chi connectivity index (χ4n) is 6.06. The molecule has 4 fully saturated rings. The standard InChI is InChI=1S/C13H19N5O6S.C11H16N6O6S.CH4/c14-12(15)3-1-2-9-6-10(16-23-9)11-5-4-8-7-17(11)13(19)18(8)24-25(20,21)22;12-10(13)14-4-7-3-8(15-22-7)9-2-1-6-5-16(9)11(18)17(6)23-24(19,20)21;/h6,8,11H,1-5,7H2,(H3,14,15)(H,20,21,22);3,6,9H,1-2,4-5H2,(H4,12,13,14)(H,19,20,21);1H4/t8-,11+;6-,9+;/m11./s1. The van der Waals surface area contributed by atoms with Gasteiger partial charge in [0.1, 0.15) is 23.7 Å². The molecule has 0 aliphatic carbocycles. The number of rotatable bonds is 12. The van der Waals surface area contributed by atoms with Crippen molar-refractivity contribution in [1.82, 2.24) is 30.2 Å². The summed E-state index contributed by atoms with van der Waals surface area (Å²) in [6.45, 7) is 0.664. The molecule has 4 aliphatic rings. The molecule has 0 radical (unpaired) electrons. The van der Waals surface area contributed by atoms with Crippen LogP contribution in [0.25, 0.3) is 0 Å². The van der Waals surface area contributed by atoms with Crippen molar-refractivity contribution in [3.63, 3.8) is 0 Å². The Labute approximate surface area is 286 Å². The number of fused-ring (bicyclic) bond motifs is 4. The van der Waals surface area contributed by atoms with Crippen LogP contribution in [0.3, 0.4) is 0 Å². The van der Waals surface area contributed by atoms with Gasteiger partial charge in [-0.25, -0.2) is 14.6 Å². The largest absolute Gasteiger partial charge is 0.418 e. The number of aryl methyl sites for hydroxylation is 1. The number of amides is 4. The number of hydrogen-bond acceptors (Lipinski definition) is 14. The van der Waals surface area contributed by atoms with Gasteiger partial charge in [-0.2, -0.15) is 27.0 Å². The SMILES string of the molecule is C.N=C(N)CCCc1cc([C@@H]2CC[C@@H]3CN2C(=O)N3OS(=O)(=O)O)no1.NC(N)=NCc1cc([C@@H]2CC[C@@H]3CN2C(=O)N3OS(=O)(=O)O)no1. The molecule has 4 amide bonds. The van der Waals surface area contributed by atoms with Crippen molar-refractivity contribution in [2.75, 3.05) is 13.1 Å². The molecule has 278 valence electrons. The lowest BCUT2D eigenvalue weighted by atomic mass is 9.98. The van der Waals surface area contributed by atoms with E-state index in [1.807, 2.05) is 0 Å². The fraction of sp³-hybridized carbons (Fsp3) is 0.600. The van der Waals surface area contributed by atoms with Crippen LogP contribution in [-0.4, -0.2) is 105 Å². The van der Waals surface area contributed by atoms with E-state index in [9.17, 15) is 26.4 Å². The third kappa shape index (κ3) is 9.16. The van der Waals surface area contributed by atoms with E-state index < -0.39 is 44.9 Å². The number of urea groups is 2. The molecule has 23 nitrogen and oxygen atoms in total. The number of nitrogens with one attached hydrogen (secondary N) is 1. The van der Waals surface area contributed by atoms with Gasteiger partial charge in [0.05, 0.1) is 30.0 Å². The summed E-state index contributed by atoms with van der Waals surface area (Å²) in [6.07, 6.45) is 3.81. The highest BCUT2D eigenvalue weighted by Gasteiger charge is 2.49. The van der Waals surface area contributed by atoms with Gasteiger partial charge in [-0.05, 0) is 32.1 Å². The summed E-state index contributed by atoms with van der Waals surface area (Å²) in [4.78, 5) is 31.3. The summed E-state index contributed by atoms with van der Waals surface area (Å²) in [5, 5.41) is 16.5. The highest BCUT2D eigenvalue weighted by molar-refractivity contribution is 7.81. The van der Waals surface area contributed by atoms with Crippen molar-refractivity contribution in [2.45, 2.75) is 83.1 Å². The van der Waals surface area contributed by atoms with Crippen LogP contribution in [0.2, 0.25) is 0 Å². The first-order chi connectivity index (χ1) is 23.0. The van der Waals surface area contributed by atoms with Crippen LogP contribution in [0, 0.1) is 5.41 Å². The lowest BCUT2D eigenvalue weighted by Gasteiger charge is -2.28. The Kier molecular flexibility index (Phi) is 11.6. The molecule has 0 spiro atoms. The minimum Gasteiger partial charge on any atom is -0.388 e. The smallest absolute Gasteiger partial charge is 0.388 e. The number of nitrogens with two attached hydrogens (primary N) is 3. The fourth-order valence-corrected chi connectivity index (χ4v) is 6.84. The van der Waals surface area contributed by atoms with Crippen molar-refractivity contribution in [1.29, 1.82) is 5.41 Å². The molecule has 2 aromatic heterocycles. The van der Waals surface area contributed by atoms with Gasteiger partial charge in [-0.3, -0.25) is 14.5 Å². The number of piperidine rings is 2. The second kappa shape index (κ2) is 15.1. The van der Waals surface area contributed by atoms with E-state index in [4.69, 9.17) is 40.8 Å². The Morgan fingerprint density at radius 2 is 1.32 bits per heavy atom. The van der Waals surface area contributed by atoms with Crippen LogP contribution < -0.4 is 17.2 Å². The highest BCUT2D eigenvalue weighted by atomic mass is 32.3. The van der Waals surface area contributed by atoms with Gasteiger partial charge >= 0.3 is 32.9 Å². The minimum atomic E-state index is -4.77. The van der Waals surface area contributed by atoms with Gasteiger partial charge in [0, 0.05) is 38.1 Å². The van der Waals surface area contributed by atoms with Crippen LogP contribution in [0.15, 0.2) is 26.2 Å². The topological polar surface area (TPSA) is 341 Å². The minimum absolute atomic E-state index is 0. The molecule has 6 rings (SSSR count). The number of hydroxylamine groups is 4. The molecule has 2 aromatic rings. The maximum atomic E-state index is 12.4.